The highest BCUT2D eigenvalue weighted by atomic mass is 19.1. The molecule has 2 aromatic heterocycles. The highest BCUT2D eigenvalue weighted by Crippen LogP contribution is 2.28. The highest BCUT2D eigenvalue weighted by Gasteiger charge is 2.25. The molecule has 1 aliphatic carbocycles. The lowest BCUT2D eigenvalue weighted by Crippen LogP contribution is -2.22. The summed E-state index contributed by atoms with van der Waals surface area (Å²) in [5, 5.41) is 15.8. The van der Waals surface area contributed by atoms with Crippen molar-refractivity contribution in [2.24, 2.45) is 0 Å². The summed E-state index contributed by atoms with van der Waals surface area (Å²) in [5.74, 6) is 0.588. The Morgan fingerprint density at radius 2 is 2.00 bits per heavy atom. The highest BCUT2D eigenvalue weighted by molar-refractivity contribution is 6.14. The molecule has 10 heteroatoms. The summed E-state index contributed by atoms with van der Waals surface area (Å²) in [6, 6.07) is 7.88. The number of hydrogen-bond donors (Lipinski definition) is 4. The lowest BCUT2D eigenvalue weighted by atomic mass is 10.1. The van der Waals surface area contributed by atoms with Gasteiger partial charge in [-0.05, 0) is 43.5 Å². The monoisotopic (exact) mass is 421 g/mol. The molecule has 9 nitrogen and oxygen atoms in total. The summed E-state index contributed by atoms with van der Waals surface area (Å²) in [6.45, 7) is 1.96. The lowest BCUT2D eigenvalue weighted by Gasteiger charge is -2.17. The summed E-state index contributed by atoms with van der Waals surface area (Å²) in [7, 11) is 0. The molecule has 3 amide bonds. The van der Waals surface area contributed by atoms with Crippen molar-refractivity contribution in [3.05, 3.63) is 59.2 Å². The Hall–Kier alpha value is -3.95. The van der Waals surface area contributed by atoms with E-state index in [0.29, 0.717) is 23.1 Å². The Bertz CT molecular complexity index is 1210. The van der Waals surface area contributed by atoms with Gasteiger partial charge in [0.05, 0.1) is 6.20 Å². The topological polar surface area (TPSA) is 112 Å². The van der Waals surface area contributed by atoms with Crippen molar-refractivity contribution in [1.82, 2.24) is 25.2 Å². The van der Waals surface area contributed by atoms with Crippen LogP contribution in [0.1, 0.15) is 36.9 Å². The Morgan fingerprint density at radius 1 is 1.23 bits per heavy atom. The van der Waals surface area contributed by atoms with Crippen LogP contribution in [-0.4, -0.2) is 32.6 Å². The Labute approximate surface area is 176 Å². The van der Waals surface area contributed by atoms with Crippen molar-refractivity contribution in [2.75, 3.05) is 10.6 Å². The van der Waals surface area contributed by atoms with Gasteiger partial charge in [-0.1, -0.05) is 12.1 Å². The Morgan fingerprint density at radius 3 is 2.68 bits per heavy atom. The molecule has 3 aromatic rings. The van der Waals surface area contributed by atoms with Crippen LogP contribution in [0.5, 0.6) is 0 Å². The van der Waals surface area contributed by atoms with Crippen LogP contribution in [0, 0.1) is 5.82 Å². The van der Waals surface area contributed by atoms with Gasteiger partial charge >= 0.3 is 6.03 Å². The molecule has 1 atom stereocenters. The number of nitrogens with zero attached hydrogens (tertiary/aromatic N) is 3. The van der Waals surface area contributed by atoms with E-state index >= 15 is 0 Å². The van der Waals surface area contributed by atoms with E-state index in [4.69, 9.17) is 0 Å². The Balaban J connectivity index is 1.52. The largest absolute Gasteiger partial charge is 0.367 e. The first-order valence-electron chi connectivity index (χ1n) is 9.97. The fourth-order valence-electron chi connectivity index (χ4n) is 3.39. The van der Waals surface area contributed by atoms with Crippen LogP contribution in [0.3, 0.4) is 0 Å². The number of nitrogens with one attached hydrogen (secondary N) is 4. The fourth-order valence-corrected chi connectivity index (χ4v) is 3.39. The molecule has 1 aromatic carbocycles. The summed E-state index contributed by atoms with van der Waals surface area (Å²) >= 11 is 0. The summed E-state index contributed by atoms with van der Waals surface area (Å²) in [5.41, 5.74) is 2.17. The average Bonchev–Trinajstić information content (AvgIpc) is 3.37. The number of imide groups is 1. The zero-order valence-electron chi connectivity index (χ0n) is 16.6. The van der Waals surface area contributed by atoms with Crippen molar-refractivity contribution in [1.29, 1.82) is 0 Å². The SMILES string of the molecule is CC(Nc1cc(NC2CC2)n2ncc(/C=C3\NC(=O)NC3=O)c2n1)c1ccc(F)cc1. The maximum absolute atomic E-state index is 13.2. The molecule has 0 bridgehead atoms. The number of anilines is 2. The van der Waals surface area contributed by atoms with E-state index in [0.717, 1.165) is 24.2 Å². The van der Waals surface area contributed by atoms with E-state index in [1.54, 1.807) is 28.9 Å². The molecule has 31 heavy (non-hydrogen) atoms. The number of benzene rings is 1. The first-order chi connectivity index (χ1) is 15.0. The minimum absolute atomic E-state index is 0.117. The fraction of sp³-hybridized carbons (Fsp3) is 0.238. The predicted molar refractivity (Wildman–Crippen MR) is 113 cm³/mol. The number of carbonyl (C=O) groups excluding carboxylic acids is 2. The summed E-state index contributed by atoms with van der Waals surface area (Å²) in [6.07, 6.45) is 5.31. The molecular formula is C21H20FN7O2. The summed E-state index contributed by atoms with van der Waals surface area (Å²) < 4.78 is 14.9. The van der Waals surface area contributed by atoms with E-state index < -0.39 is 11.9 Å². The number of rotatable bonds is 6. The molecule has 1 saturated carbocycles. The number of halogens is 1. The van der Waals surface area contributed by atoms with Gasteiger partial charge in [-0.25, -0.2) is 14.2 Å². The number of amides is 3. The number of aromatic nitrogens is 3. The molecule has 3 heterocycles. The minimum Gasteiger partial charge on any atom is -0.367 e. The van der Waals surface area contributed by atoms with Gasteiger partial charge in [0.1, 0.15) is 23.1 Å². The van der Waals surface area contributed by atoms with Gasteiger partial charge in [0, 0.05) is 23.7 Å². The molecule has 1 aliphatic heterocycles. The van der Waals surface area contributed by atoms with Gasteiger partial charge < -0.3 is 16.0 Å². The zero-order valence-corrected chi connectivity index (χ0v) is 16.6. The van der Waals surface area contributed by atoms with Crippen LogP contribution >= 0.6 is 0 Å². The third-order valence-electron chi connectivity index (χ3n) is 5.18. The van der Waals surface area contributed by atoms with E-state index in [9.17, 15) is 14.0 Å². The maximum atomic E-state index is 13.2. The van der Waals surface area contributed by atoms with Crippen LogP contribution in [0.4, 0.5) is 20.8 Å². The molecule has 158 valence electrons. The van der Waals surface area contributed by atoms with Crippen LogP contribution in [-0.2, 0) is 4.79 Å². The number of carbonyl (C=O) groups is 2. The molecule has 2 fully saturated rings. The van der Waals surface area contributed by atoms with Crippen LogP contribution in [0.25, 0.3) is 11.7 Å². The lowest BCUT2D eigenvalue weighted by molar-refractivity contribution is -0.115. The second kappa shape index (κ2) is 7.38. The molecule has 5 rings (SSSR count). The number of fused-ring (bicyclic) bond motifs is 1. The normalized spacial score (nSPS) is 18.2. The summed E-state index contributed by atoms with van der Waals surface area (Å²) in [4.78, 5) is 28.0. The predicted octanol–water partition coefficient (Wildman–Crippen LogP) is 2.80. The molecule has 0 radical (unpaired) electrons. The van der Waals surface area contributed by atoms with Gasteiger partial charge in [-0.2, -0.15) is 9.61 Å². The maximum Gasteiger partial charge on any atom is 0.326 e. The van der Waals surface area contributed by atoms with E-state index in [-0.39, 0.29) is 17.6 Å². The van der Waals surface area contributed by atoms with Crippen molar-refractivity contribution < 1.29 is 14.0 Å². The minimum atomic E-state index is -0.563. The quantitative estimate of drug-likeness (QED) is 0.360. The van der Waals surface area contributed by atoms with Gasteiger partial charge in [0.2, 0.25) is 0 Å². The van der Waals surface area contributed by atoms with Crippen molar-refractivity contribution >= 4 is 35.3 Å². The van der Waals surface area contributed by atoms with Crippen molar-refractivity contribution in [2.45, 2.75) is 31.8 Å². The van der Waals surface area contributed by atoms with Crippen molar-refractivity contribution in [3.63, 3.8) is 0 Å². The number of urea groups is 1. The van der Waals surface area contributed by atoms with E-state index in [1.165, 1.54) is 12.1 Å². The third-order valence-corrected chi connectivity index (χ3v) is 5.18. The second-order valence-corrected chi connectivity index (χ2v) is 7.66. The Kier molecular flexibility index (Phi) is 4.54. The second-order valence-electron chi connectivity index (χ2n) is 7.66. The molecule has 0 spiro atoms. The van der Waals surface area contributed by atoms with Gasteiger partial charge in [-0.3, -0.25) is 10.1 Å². The van der Waals surface area contributed by atoms with Crippen LogP contribution < -0.4 is 21.3 Å². The van der Waals surface area contributed by atoms with E-state index in [1.807, 2.05) is 13.0 Å². The zero-order chi connectivity index (χ0) is 21.5. The smallest absolute Gasteiger partial charge is 0.326 e. The molecule has 1 saturated heterocycles. The van der Waals surface area contributed by atoms with Gasteiger partial charge in [0.25, 0.3) is 5.91 Å². The van der Waals surface area contributed by atoms with Crippen LogP contribution in [0.15, 0.2) is 42.2 Å². The van der Waals surface area contributed by atoms with E-state index in [2.05, 4.69) is 31.3 Å². The first kappa shape index (κ1) is 19.0. The van der Waals surface area contributed by atoms with Gasteiger partial charge in [-0.15, -0.1) is 0 Å². The first-order valence-corrected chi connectivity index (χ1v) is 9.97. The molecular weight excluding hydrogens is 401 g/mol. The van der Waals surface area contributed by atoms with Crippen LogP contribution in [0.2, 0.25) is 0 Å². The average molecular weight is 421 g/mol. The third kappa shape index (κ3) is 3.91. The van der Waals surface area contributed by atoms with Gasteiger partial charge in [0.15, 0.2) is 5.65 Å². The molecule has 2 aliphatic rings. The van der Waals surface area contributed by atoms with Crippen molar-refractivity contribution in [3.8, 4) is 0 Å². The standard InChI is InChI=1S/C21H20FN7O2/c1-11(12-2-4-14(22)5-3-12)24-17-9-18(25-15-6-7-15)29-19(27-17)13(10-23-29)8-16-20(30)28-21(31)26-16/h2-5,8-11,15,25H,6-7H2,1H3,(H,24,27)(H2,26,28,30,31)/b16-8-. The number of hydrogen-bond acceptors (Lipinski definition) is 6. The molecule has 1 unspecified atom stereocenters. The molecule has 4 N–H and O–H groups in total.